The maximum atomic E-state index is 14.3. The molecule has 3 aromatic carbocycles. The van der Waals surface area contributed by atoms with E-state index in [2.05, 4.69) is 12.2 Å². The predicted octanol–water partition coefficient (Wildman–Crippen LogP) is 6.10. The zero-order valence-electron chi connectivity index (χ0n) is 20.2. The lowest BCUT2D eigenvalue weighted by Gasteiger charge is -2.30. The molecule has 1 heterocycles. The number of para-hydroxylation sites is 2. The summed E-state index contributed by atoms with van der Waals surface area (Å²) in [5, 5.41) is 3.14. The Bertz CT molecular complexity index is 1290. The minimum Gasteiger partial charge on any atom is -0.449 e. The second-order valence-corrected chi connectivity index (χ2v) is 9.61. The molecule has 36 heavy (non-hydrogen) atoms. The van der Waals surface area contributed by atoms with E-state index in [9.17, 15) is 14.0 Å². The van der Waals surface area contributed by atoms with Crippen molar-refractivity contribution in [2.75, 3.05) is 4.90 Å². The fraction of sp³-hybridized carbons (Fsp3) is 0.267. The lowest BCUT2D eigenvalue weighted by molar-refractivity contribution is -0.117. The van der Waals surface area contributed by atoms with Crippen LogP contribution in [0.2, 0.25) is 0 Å². The van der Waals surface area contributed by atoms with E-state index in [4.69, 9.17) is 4.74 Å². The molecule has 0 unspecified atom stereocenters. The zero-order chi connectivity index (χ0) is 25.1. The van der Waals surface area contributed by atoms with Gasteiger partial charge in [0.2, 0.25) is 0 Å². The number of benzene rings is 3. The summed E-state index contributed by atoms with van der Waals surface area (Å²) in [5.41, 5.74) is 2.32. The first-order valence-electron chi connectivity index (χ1n) is 12.4. The average molecular weight is 485 g/mol. The molecule has 1 aliphatic heterocycles. The van der Waals surface area contributed by atoms with Crippen molar-refractivity contribution in [3.8, 4) is 5.75 Å². The zero-order valence-corrected chi connectivity index (χ0v) is 20.2. The Morgan fingerprint density at radius 3 is 2.44 bits per heavy atom. The molecule has 5 rings (SSSR count). The van der Waals surface area contributed by atoms with Crippen LogP contribution in [0, 0.1) is 11.7 Å². The van der Waals surface area contributed by atoms with Gasteiger partial charge in [0.15, 0.2) is 11.5 Å². The summed E-state index contributed by atoms with van der Waals surface area (Å²) < 4.78 is 20.3. The third kappa shape index (κ3) is 5.18. The molecule has 184 valence electrons. The Hall–Kier alpha value is -3.93. The molecule has 0 atom stereocenters. The van der Waals surface area contributed by atoms with Crippen molar-refractivity contribution in [1.29, 1.82) is 0 Å². The Morgan fingerprint density at radius 1 is 1.00 bits per heavy atom. The van der Waals surface area contributed by atoms with Crippen molar-refractivity contribution in [1.82, 2.24) is 5.32 Å². The number of halogens is 1. The van der Waals surface area contributed by atoms with Crippen LogP contribution in [0.3, 0.4) is 0 Å². The summed E-state index contributed by atoms with van der Waals surface area (Å²) in [5.74, 6) is 0.589. The quantitative estimate of drug-likeness (QED) is 0.445. The maximum absolute atomic E-state index is 14.3. The Labute approximate surface area is 210 Å². The molecule has 1 N–H and O–H groups in total. The summed E-state index contributed by atoms with van der Waals surface area (Å²) in [7, 11) is 0. The molecule has 0 aromatic heterocycles. The number of hydrogen-bond donors (Lipinski definition) is 1. The summed E-state index contributed by atoms with van der Waals surface area (Å²) in [6, 6.07) is 21.0. The minimum atomic E-state index is -0.364. The molecule has 1 aliphatic carbocycles. The molecule has 0 radical (unpaired) electrons. The lowest BCUT2D eigenvalue weighted by Crippen LogP contribution is -2.37. The van der Waals surface area contributed by atoms with Crippen molar-refractivity contribution in [3.63, 3.8) is 0 Å². The number of fused-ring (bicyclic) bond motifs is 1. The number of amides is 2. The predicted molar refractivity (Wildman–Crippen MR) is 138 cm³/mol. The van der Waals surface area contributed by atoms with Crippen LogP contribution in [0.15, 0.2) is 78.6 Å². The molecule has 5 nitrogen and oxygen atoms in total. The van der Waals surface area contributed by atoms with Crippen molar-refractivity contribution in [2.24, 2.45) is 5.92 Å². The van der Waals surface area contributed by atoms with E-state index in [1.165, 1.54) is 11.0 Å². The second kappa shape index (κ2) is 10.4. The van der Waals surface area contributed by atoms with Gasteiger partial charge in [-0.2, -0.15) is 0 Å². The van der Waals surface area contributed by atoms with E-state index in [1.807, 2.05) is 12.1 Å². The first-order valence-corrected chi connectivity index (χ1v) is 12.4. The first-order chi connectivity index (χ1) is 17.5. The van der Waals surface area contributed by atoms with Gasteiger partial charge in [0.25, 0.3) is 11.8 Å². The normalized spacial score (nSPS) is 20.6. The number of ether oxygens (including phenoxy) is 1. The molecule has 6 heteroatoms. The molecule has 1 saturated carbocycles. The highest BCUT2D eigenvalue weighted by Crippen LogP contribution is 2.36. The summed E-state index contributed by atoms with van der Waals surface area (Å²) in [6.07, 6.45) is 5.96. The van der Waals surface area contributed by atoms with Crippen LogP contribution in [0.5, 0.6) is 5.75 Å². The highest BCUT2D eigenvalue weighted by molar-refractivity contribution is 6.09. The van der Waals surface area contributed by atoms with Crippen LogP contribution in [0.4, 0.5) is 10.1 Å². The molecule has 1 fully saturated rings. The molecule has 0 bridgehead atoms. The number of rotatable bonds is 5. The molecule has 0 saturated heterocycles. The van der Waals surface area contributed by atoms with Gasteiger partial charge < -0.3 is 10.1 Å². The van der Waals surface area contributed by atoms with Crippen LogP contribution in [0.1, 0.15) is 54.1 Å². The van der Waals surface area contributed by atoms with Gasteiger partial charge in [0, 0.05) is 17.2 Å². The topological polar surface area (TPSA) is 58.6 Å². The molecule has 0 spiro atoms. The molecular formula is C30H29FN2O3. The number of carbonyl (C=O) groups is 2. The first kappa shape index (κ1) is 23.8. The molecule has 3 aromatic rings. The van der Waals surface area contributed by atoms with E-state index < -0.39 is 0 Å². The van der Waals surface area contributed by atoms with Crippen LogP contribution < -0.4 is 15.0 Å². The summed E-state index contributed by atoms with van der Waals surface area (Å²) in [4.78, 5) is 27.6. The number of nitrogens with one attached hydrogen (secondary N) is 1. The van der Waals surface area contributed by atoms with Crippen LogP contribution in [-0.2, 0) is 11.3 Å². The third-order valence-corrected chi connectivity index (χ3v) is 6.94. The summed E-state index contributed by atoms with van der Waals surface area (Å²) in [6.45, 7) is 2.34. The highest BCUT2D eigenvalue weighted by Gasteiger charge is 2.30. The van der Waals surface area contributed by atoms with Gasteiger partial charge in [-0.3, -0.25) is 14.5 Å². The van der Waals surface area contributed by atoms with Crippen molar-refractivity contribution < 1.29 is 18.7 Å². The average Bonchev–Trinajstić information content (AvgIpc) is 2.89. The fourth-order valence-corrected chi connectivity index (χ4v) is 4.77. The van der Waals surface area contributed by atoms with Gasteiger partial charge in [0.05, 0.1) is 12.2 Å². The minimum absolute atomic E-state index is 0.0799. The largest absolute Gasteiger partial charge is 0.449 e. The number of carbonyl (C=O) groups excluding carboxylic acids is 2. The Kier molecular flexibility index (Phi) is 6.85. The van der Waals surface area contributed by atoms with Crippen molar-refractivity contribution in [3.05, 3.63) is 101 Å². The van der Waals surface area contributed by atoms with Gasteiger partial charge in [-0.05, 0) is 73.6 Å². The van der Waals surface area contributed by atoms with Gasteiger partial charge in [-0.15, -0.1) is 0 Å². The Balaban J connectivity index is 1.34. The fourth-order valence-electron chi connectivity index (χ4n) is 4.77. The van der Waals surface area contributed by atoms with Crippen molar-refractivity contribution in [2.45, 2.75) is 45.2 Å². The van der Waals surface area contributed by atoms with Gasteiger partial charge in [0.1, 0.15) is 5.82 Å². The third-order valence-electron chi connectivity index (χ3n) is 6.94. The molecule has 2 aliphatic rings. The standard InChI is InChI=1S/C30H29FN2O3/c1-20-10-16-24(17-11-20)32-29(34)22-14-12-21(13-15-22)18-28-30(35)33(19-23-6-2-3-7-25(23)31)26-8-4-5-9-27(26)36-28/h2-9,12-15,18,20,24H,10-11,16-17,19H2,1H3,(H,32,34). The van der Waals surface area contributed by atoms with Crippen molar-refractivity contribution >= 4 is 23.6 Å². The SMILES string of the molecule is CC1CCC(NC(=O)c2ccc(C=C3Oc4ccccc4N(Cc4ccccc4F)C3=O)cc2)CC1. The van der Waals surface area contributed by atoms with E-state index >= 15 is 0 Å². The van der Waals surface area contributed by atoms with Gasteiger partial charge in [-0.25, -0.2) is 4.39 Å². The molecular weight excluding hydrogens is 455 g/mol. The smallest absolute Gasteiger partial charge is 0.294 e. The number of hydrogen-bond acceptors (Lipinski definition) is 3. The van der Waals surface area contributed by atoms with Crippen LogP contribution in [-0.4, -0.2) is 17.9 Å². The molecule has 2 amide bonds. The van der Waals surface area contributed by atoms with E-state index in [0.29, 0.717) is 22.6 Å². The number of nitrogens with zero attached hydrogens (tertiary/aromatic N) is 1. The van der Waals surface area contributed by atoms with Crippen LogP contribution >= 0.6 is 0 Å². The van der Waals surface area contributed by atoms with E-state index in [0.717, 1.165) is 37.2 Å². The second-order valence-electron chi connectivity index (χ2n) is 9.61. The van der Waals surface area contributed by atoms with E-state index in [1.54, 1.807) is 60.7 Å². The monoisotopic (exact) mass is 484 g/mol. The Morgan fingerprint density at radius 2 is 1.69 bits per heavy atom. The lowest BCUT2D eigenvalue weighted by atomic mass is 9.87. The van der Waals surface area contributed by atoms with Gasteiger partial charge in [-0.1, -0.05) is 49.4 Å². The highest BCUT2D eigenvalue weighted by atomic mass is 19.1. The summed E-state index contributed by atoms with van der Waals surface area (Å²) >= 11 is 0. The maximum Gasteiger partial charge on any atom is 0.294 e. The number of anilines is 1. The van der Waals surface area contributed by atoms with Crippen LogP contribution in [0.25, 0.3) is 6.08 Å². The van der Waals surface area contributed by atoms with Gasteiger partial charge >= 0.3 is 0 Å². The van der Waals surface area contributed by atoms with E-state index in [-0.39, 0.29) is 36.0 Å².